The van der Waals surface area contributed by atoms with E-state index in [9.17, 15) is 0 Å². The summed E-state index contributed by atoms with van der Waals surface area (Å²) in [5.74, 6) is 0. The number of unbranched alkanes of at least 4 members (excludes halogenated alkanes) is 4. The van der Waals surface area contributed by atoms with Gasteiger partial charge in [0.2, 0.25) is 0 Å². The minimum atomic E-state index is -1.11. The van der Waals surface area contributed by atoms with Crippen molar-refractivity contribution in [1.29, 1.82) is 0 Å². The van der Waals surface area contributed by atoms with Crippen molar-refractivity contribution in [3.63, 3.8) is 0 Å². The van der Waals surface area contributed by atoms with Gasteiger partial charge in [-0.05, 0) is 24.7 Å². The molecule has 86 valence electrons. The van der Waals surface area contributed by atoms with Crippen LogP contribution < -0.4 is 0 Å². The highest BCUT2D eigenvalue weighted by atomic mass is 16.5. The van der Waals surface area contributed by atoms with Crippen LogP contribution in [-0.4, -0.2) is 16.5 Å². The second kappa shape index (κ2) is 7.24. The molecule has 0 unspecified atom stereocenters. The lowest BCUT2D eigenvalue weighted by Crippen LogP contribution is -2.04. The van der Waals surface area contributed by atoms with Crippen LogP contribution in [0.3, 0.4) is 0 Å². The number of hydrogen-bond donors (Lipinski definition) is 2. The van der Waals surface area contributed by atoms with E-state index in [0.29, 0.717) is 11.8 Å². The maximum absolute atomic E-state index is 8.62. The van der Waals surface area contributed by atoms with E-state index in [0.717, 1.165) is 12.8 Å². The average Bonchev–Trinajstić information content (AvgIpc) is 2.00. The summed E-state index contributed by atoms with van der Waals surface area (Å²) in [7, 11) is 0. The van der Waals surface area contributed by atoms with Crippen molar-refractivity contribution in [3.8, 4) is 0 Å². The van der Waals surface area contributed by atoms with E-state index in [4.69, 9.17) is 10.2 Å². The van der Waals surface area contributed by atoms with Crippen LogP contribution in [0.15, 0.2) is 0 Å². The summed E-state index contributed by atoms with van der Waals surface area (Å²) in [6.45, 7) is 6.82. The molecule has 0 radical (unpaired) electrons. The summed E-state index contributed by atoms with van der Waals surface area (Å²) in [4.78, 5) is 0. The van der Waals surface area contributed by atoms with Crippen molar-refractivity contribution in [2.45, 2.75) is 72.0 Å². The summed E-state index contributed by atoms with van der Waals surface area (Å²) < 4.78 is 0. The SMILES string of the molecule is CC(C)(C)CCCCCCCC(O)O. The van der Waals surface area contributed by atoms with Gasteiger partial charge < -0.3 is 10.2 Å². The third-order valence-corrected chi connectivity index (χ3v) is 2.39. The average molecular weight is 202 g/mol. The molecule has 0 spiro atoms. The highest BCUT2D eigenvalue weighted by Gasteiger charge is 2.08. The Morgan fingerprint density at radius 3 is 1.86 bits per heavy atom. The van der Waals surface area contributed by atoms with Crippen LogP contribution in [0.1, 0.15) is 65.7 Å². The molecule has 2 nitrogen and oxygen atoms in total. The first-order valence-corrected chi connectivity index (χ1v) is 5.78. The summed E-state index contributed by atoms with van der Waals surface area (Å²) >= 11 is 0. The van der Waals surface area contributed by atoms with E-state index < -0.39 is 6.29 Å². The van der Waals surface area contributed by atoms with Gasteiger partial charge >= 0.3 is 0 Å². The normalized spacial score (nSPS) is 12.4. The molecule has 0 bridgehead atoms. The van der Waals surface area contributed by atoms with Gasteiger partial charge in [0.15, 0.2) is 6.29 Å². The molecule has 2 heteroatoms. The molecular weight excluding hydrogens is 176 g/mol. The lowest BCUT2D eigenvalue weighted by molar-refractivity contribution is -0.0466. The predicted molar refractivity (Wildman–Crippen MR) is 60.0 cm³/mol. The maximum Gasteiger partial charge on any atom is 0.151 e. The molecule has 0 fully saturated rings. The Morgan fingerprint density at radius 1 is 0.857 bits per heavy atom. The van der Waals surface area contributed by atoms with Gasteiger partial charge in [-0.2, -0.15) is 0 Å². The molecule has 0 aromatic heterocycles. The van der Waals surface area contributed by atoms with Gasteiger partial charge in [-0.25, -0.2) is 0 Å². The summed E-state index contributed by atoms with van der Waals surface area (Å²) in [5, 5.41) is 17.2. The van der Waals surface area contributed by atoms with Crippen molar-refractivity contribution in [2.75, 3.05) is 0 Å². The Morgan fingerprint density at radius 2 is 1.36 bits per heavy atom. The molecule has 2 N–H and O–H groups in total. The topological polar surface area (TPSA) is 40.5 Å². The summed E-state index contributed by atoms with van der Waals surface area (Å²) in [6, 6.07) is 0. The van der Waals surface area contributed by atoms with Gasteiger partial charge in [0.25, 0.3) is 0 Å². The molecule has 0 aliphatic rings. The number of hydrogen-bond acceptors (Lipinski definition) is 2. The quantitative estimate of drug-likeness (QED) is 0.492. The highest BCUT2D eigenvalue weighted by molar-refractivity contribution is 4.60. The van der Waals surface area contributed by atoms with Gasteiger partial charge in [0.05, 0.1) is 0 Å². The Balaban J connectivity index is 3.07. The molecule has 0 saturated carbocycles. The third kappa shape index (κ3) is 11.9. The molecule has 0 saturated heterocycles. The Hall–Kier alpha value is -0.0800. The van der Waals surface area contributed by atoms with Crippen LogP contribution in [0.25, 0.3) is 0 Å². The third-order valence-electron chi connectivity index (χ3n) is 2.39. The first-order valence-electron chi connectivity index (χ1n) is 5.78. The van der Waals surface area contributed by atoms with E-state index in [1.807, 2.05) is 0 Å². The van der Waals surface area contributed by atoms with E-state index in [2.05, 4.69) is 20.8 Å². The Labute approximate surface area is 88.3 Å². The molecule has 0 rings (SSSR count). The Bertz CT molecular complexity index is 125. The van der Waals surface area contributed by atoms with Crippen LogP contribution in [0.4, 0.5) is 0 Å². The standard InChI is InChI=1S/C12H26O2/c1-12(2,3)10-8-6-4-5-7-9-11(13)14/h11,13-14H,4-10H2,1-3H3. The van der Waals surface area contributed by atoms with Gasteiger partial charge in [-0.3, -0.25) is 0 Å². The van der Waals surface area contributed by atoms with Crippen molar-refractivity contribution >= 4 is 0 Å². The van der Waals surface area contributed by atoms with Gasteiger partial charge in [-0.15, -0.1) is 0 Å². The van der Waals surface area contributed by atoms with E-state index in [-0.39, 0.29) is 0 Å². The fourth-order valence-electron chi connectivity index (χ4n) is 1.51. The van der Waals surface area contributed by atoms with Gasteiger partial charge in [0.1, 0.15) is 0 Å². The largest absolute Gasteiger partial charge is 0.368 e. The molecule has 0 heterocycles. The zero-order chi connectivity index (χ0) is 11.0. The van der Waals surface area contributed by atoms with E-state index >= 15 is 0 Å². The summed E-state index contributed by atoms with van der Waals surface area (Å²) in [6.07, 6.45) is 6.57. The lowest BCUT2D eigenvalue weighted by atomic mass is 9.89. The maximum atomic E-state index is 8.62. The van der Waals surface area contributed by atoms with E-state index in [1.165, 1.54) is 25.7 Å². The van der Waals surface area contributed by atoms with Crippen molar-refractivity contribution in [2.24, 2.45) is 5.41 Å². The zero-order valence-electron chi connectivity index (χ0n) is 9.92. The minimum absolute atomic E-state index is 0.460. The smallest absolute Gasteiger partial charge is 0.151 e. The number of aliphatic hydroxyl groups is 2. The Kier molecular flexibility index (Phi) is 7.20. The van der Waals surface area contributed by atoms with Crippen molar-refractivity contribution in [1.82, 2.24) is 0 Å². The number of aliphatic hydroxyl groups excluding tert-OH is 1. The second-order valence-corrected chi connectivity index (χ2v) is 5.35. The molecule has 0 atom stereocenters. The van der Waals surface area contributed by atoms with Crippen LogP contribution in [0, 0.1) is 5.41 Å². The van der Waals surface area contributed by atoms with Crippen LogP contribution in [0.5, 0.6) is 0 Å². The highest BCUT2D eigenvalue weighted by Crippen LogP contribution is 2.22. The molecule has 0 aromatic carbocycles. The first kappa shape index (κ1) is 13.9. The van der Waals surface area contributed by atoms with Crippen molar-refractivity contribution in [3.05, 3.63) is 0 Å². The second-order valence-electron chi connectivity index (χ2n) is 5.35. The number of rotatable bonds is 7. The van der Waals surface area contributed by atoms with Crippen LogP contribution >= 0.6 is 0 Å². The first-order chi connectivity index (χ1) is 6.42. The molecule has 0 aromatic rings. The zero-order valence-corrected chi connectivity index (χ0v) is 9.92. The minimum Gasteiger partial charge on any atom is -0.368 e. The predicted octanol–water partition coefficient (Wildman–Crippen LogP) is 3.07. The van der Waals surface area contributed by atoms with Gasteiger partial charge in [0, 0.05) is 0 Å². The molecular formula is C12H26O2. The monoisotopic (exact) mass is 202 g/mol. The fraction of sp³-hybridized carbons (Fsp3) is 1.00. The van der Waals surface area contributed by atoms with Crippen molar-refractivity contribution < 1.29 is 10.2 Å². The molecule has 0 amide bonds. The molecule has 14 heavy (non-hydrogen) atoms. The lowest BCUT2D eigenvalue weighted by Gasteiger charge is -2.17. The fourth-order valence-corrected chi connectivity index (χ4v) is 1.51. The molecule has 0 aliphatic heterocycles. The van der Waals surface area contributed by atoms with Gasteiger partial charge in [-0.1, -0.05) is 46.5 Å². The molecule has 0 aliphatic carbocycles. The summed E-state index contributed by atoms with van der Waals surface area (Å²) in [5.41, 5.74) is 0.460. The van der Waals surface area contributed by atoms with E-state index in [1.54, 1.807) is 0 Å². The van der Waals surface area contributed by atoms with Crippen LogP contribution in [-0.2, 0) is 0 Å². The van der Waals surface area contributed by atoms with Crippen LogP contribution in [0.2, 0.25) is 0 Å².